The predicted octanol–water partition coefficient (Wildman–Crippen LogP) is 0.956. The Labute approximate surface area is 72.3 Å². The molecule has 4 nitrogen and oxygen atoms in total. The number of Topliss-reactive ketones (excluding diaryl/α,β-unsaturated/α-hetero) is 1. The highest BCUT2D eigenvalue weighted by Crippen LogP contribution is 2.02. The molecule has 0 heterocycles. The third kappa shape index (κ3) is 3.37. The molecule has 1 amide bonds. The van der Waals surface area contributed by atoms with Crippen molar-refractivity contribution >= 4 is 11.9 Å². The fourth-order valence-electron chi connectivity index (χ4n) is 0.924. The number of nitrogens with one attached hydrogen (secondary N) is 1. The molecule has 0 radical (unpaired) electrons. The molecule has 0 rings (SSSR count). The van der Waals surface area contributed by atoms with Gasteiger partial charge in [0.15, 0.2) is 5.78 Å². The minimum Gasteiger partial charge on any atom is -0.453 e. The van der Waals surface area contributed by atoms with E-state index in [1.807, 2.05) is 13.8 Å². The van der Waals surface area contributed by atoms with Gasteiger partial charge in [-0.3, -0.25) is 4.79 Å². The van der Waals surface area contributed by atoms with Crippen LogP contribution in [0.3, 0.4) is 0 Å². The van der Waals surface area contributed by atoms with Crippen molar-refractivity contribution in [2.45, 2.75) is 26.8 Å². The maximum absolute atomic E-state index is 11.0. The van der Waals surface area contributed by atoms with Crippen molar-refractivity contribution in [2.75, 3.05) is 7.11 Å². The molecule has 0 saturated heterocycles. The number of methoxy groups -OCH3 is 1. The lowest BCUT2D eigenvalue weighted by Crippen LogP contribution is -2.43. The Morgan fingerprint density at radius 3 is 2.08 bits per heavy atom. The number of hydrogen-bond acceptors (Lipinski definition) is 3. The van der Waals surface area contributed by atoms with Gasteiger partial charge in [-0.25, -0.2) is 4.79 Å². The Morgan fingerprint density at radius 1 is 1.33 bits per heavy atom. The van der Waals surface area contributed by atoms with Crippen molar-refractivity contribution in [3.8, 4) is 0 Å². The Kier molecular flexibility index (Phi) is 4.33. The Morgan fingerprint density at radius 2 is 1.83 bits per heavy atom. The summed E-state index contributed by atoms with van der Waals surface area (Å²) in [4.78, 5) is 21.7. The normalized spacial score (nSPS) is 12.4. The van der Waals surface area contributed by atoms with E-state index in [1.165, 1.54) is 14.0 Å². The molecule has 0 aliphatic heterocycles. The van der Waals surface area contributed by atoms with E-state index in [1.54, 1.807) is 0 Å². The highest BCUT2D eigenvalue weighted by atomic mass is 16.5. The molecule has 4 heteroatoms. The summed E-state index contributed by atoms with van der Waals surface area (Å²) < 4.78 is 4.38. The summed E-state index contributed by atoms with van der Waals surface area (Å²) in [5.41, 5.74) is 0. The highest BCUT2D eigenvalue weighted by Gasteiger charge is 2.20. The van der Waals surface area contributed by atoms with Crippen LogP contribution in [0.1, 0.15) is 20.8 Å². The van der Waals surface area contributed by atoms with E-state index in [0.717, 1.165) is 0 Å². The van der Waals surface area contributed by atoms with Crippen molar-refractivity contribution in [3.05, 3.63) is 0 Å². The topological polar surface area (TPSA) is 55.4 Å². The van der Waals surface area contributed by atoms with Crippen LogP contribution in [0.4, 0.5) is 4.79 Å². The van der Waals surface area contributed by atoms with Crippen LogP contribution in [0.15, 0.2) is 0 Å². The van der Waals surface area contributed by atoms with Crippen molar-refractivity contribution in [2.24, 2.45) is 5.92 Å². The summed E-state index contributed by atoms with van der Waals surface area (Å²) in [6.07, 6.45) is -0.566. The lowest BCUT2D eigenvalue weighted by molar-refractivity contribution is -0.119. The van der Waals surface area contributed by atoms with Gasteiger partial charge in [0.2, 0.25) is 0 Å². The average Bonchev–Trinajstić information content (AvgIpc) is 1.98. The maximum Gasteiger partial charge on any atom is 0.407 e. The summed E-state index contributed by atoms with van der Waals surface area (Å²) in [5, 5.41) is 2.45. The summed E-state index contributed by atoms with van der Waals surface area (Å²) >= 11 is 0. The number of rotatable bonds is 3. The third-order valence-electron chi connectivity index (χ3n) is 1.56. The number of ketones is 1. The molecule has 0 aromatic heterocycles. The highest BCUT2D eigenvalue weighted by molar-refractivity contribution is 5.85. The molecule has 0 spiro atoms. The minimum atomic E-state index is -0.566. The monoisotopic (exact) mass is 173 g/mol. The molecular weight excluding hydrogens is 158 g/mol. The van der Waals surface area contributed by atoms with E-state index in [2.05, 4.69) is 10.1 Å². The lowest BCUT2D eigenvalue weighted by Gasteiger charge is -2.18. The summed E-state index contributed by atoms with van der Waals surface area (Å²) in [7, 11) is 1.27. The van der Waals surface area contributed by atoms with Gasteiger partial charge < -0.3 is 10.1 Å². The van der Waals surface area contributed by atoms with E-state index < -0.39 is 12.1 Å². The van der Waals surface area contributed by atoms with Crippen LogP contribution in [0.5, 0.6) is 0 Å². The molecule has 0 bridgehead atoms. The number of carbonyl (C=O) groups excluding carboxylic acids is 2. The zero-order valence-electron chi connectivity index (χ0n) is 7.88. The molecule has 0 fully saturated rings. The van der Waals surface area contributed by atoms with E-state index in [0.29, 0.717) is 0 Å². The van der Waals surface area contributed by atoms with Gasteiger partial charge in [0.25, 0.3) is 0 Å². The van der Waals surface area contributed by atoms with Crippen molar-refractivity contribution in [1.29, 1.82) is 0 Å². The molecule has 0 aromatic carbocycles. The van der Waals surface area contributed by atoms with Crippen LogP contribution in [0, 0.1) is 5.92 Å². The molecule has 70 valence electrons. The standard InChI is InChI=1S/C8H15NO3/c1-5(2)7(6(3)10)9-8(11)12-4/h5,7H,1-4H3,(H,9,11)/t7-/m0/s1. The second-order valence-corrected chi connectivity index (χ2v) is 2.97. The molecule has 1 N–H and O–H groups in total. The van der Waals surface area contributed by atoms with Gasteiger partial charge in [-0.2, -0.15) is 0 Å². The van der Waals surface area contributed by atoms with Gasteiger partial charge in [-0.05, 0) is 12.8 Å². The Bertz CT molecular complexity index is 177. The fraction of sp³-hybridized carbons (Fsp3) is 0.750. The number of alkyl carbamates (subject to hydrolysis) is 1. The quantitative estimate of drug-likeness (QED) is 0.691. The van der Waals surface area contributed by atoms with Crippen LogP contribution in [0.2, 0.25) is 0 Å². The molecule has 12 heavy (non-hydrogen) atoms. The molecular formula is C8H15NO3. The first kappa shape index (κ1) is 10.9. The zero-order chi connectivity index (χ0) is 9.72. The third-order valence-corrected chi connectivity index (χ3v) is 1.56. The van der Waals surface area contributed by atoms with E-state index in [9.17, 15) is 9.59 Å². The van der Waals surface area contributed by atoms with E-state index in [-0.39, 0.29) is 11.7 Å². The van der Waals surface area contributed by atoms with Crippen LogP contribution >= 0.6 is 0 Å². The first-order valence-electron chi connectivity index (χ1n) is 3.84. The van der Waals surface area contributed by atoms with Crippen LogP contribution in [0.25, 0.3) is 0 Å². The van der Waals surface area contributed by atoms with Crippen LogP contribution in [-0.2, 0) is 9.53 Å². The van der Waals surface area contributed by atoms with Gasteiger partial charge in [-0.1, -0.05) is 13.8 Å². The molecule has 0 saturated carbocycles. The number of ether oxygens (including phenoxy) is 1. The van der Waals surface area contributed by atoms with E-state index in [4.69, 9.17) is 0 Å². The first-order chi connectivity index (χ1) is 5.49. The zero-order valence-corrected chi connectivity index (χ0v) is 7.88. The fourth-order valence-corrected chi connectivity index (χ4v) is 0.924. The van der Waals surface area contributed by atoms with Crippen LogP contribution < -0.4 is 5.32 Å². The Balaban J connectivity index is 4.14. The lowest BCUT2D eigenvalue weighted by atomic mass is 10.0. The van der Waals surface area contributed by atoms with E-state index >= 15 is 0 Å². The van der Waals surface area contributed by atoms with Gasteiger partial charge in [-0.15, -0.1) is 0 Å². The second-order valence-electron chi connectivity index (χ2n) is 2.97. The van der Waals surface area contributed by atoms with Crippen molar-refractivity contribution in [3.63, 3.8) is 0 Å². The molecule has 0 unspecified atom stereocenters. The number of amides is 1. The second kappa shape index (κ2) is 4.74. The maximum atomic E-state index is 11.0. The summed E-state index contributed by atoms with van der Waals surface area (Å²) in [6.45, 7) is 5.17. The minimum absolute atomic E-state index is 0.0598. The first-order valence-corrected chi connectivity index (χ1v) is 3.84. The van der Waals surface area contributed by atoms with Crippen molar-refractivity contribution in [1.82, 2.24) is 5.32 Å². The molecule has 0 aliphatic rings. The Hall–Kier alpha value is -1.06. The molecule has 0 aromatic rings. The number of hydrogen-bond donors (Lipinski definition) is 1. The average molecular weight is 173 g/mol. The van der Waals surface area contributed by atoms with Gasteiger partial charge >= 0.3 is 6.09 Å². The van der Waals surface area contributed by atoms with Crippen LogP contribution in [-0.4, -0.2) is 25.0 Å². The molecule has 1 atom stereocenters. The summed E-state index contributed by atoms with van der Waals surface area (Å²) in [6, 6.07) is -0.447. The predicted molar refractivity (Wildman–Crippen MR) is 44.8 cm³/mol. The van der Waals surface area contributed by atoms with Gasteiger partial charge in [0.1, 0.15) is 0 Å². The number of carbonyl (C=O) groups is 2. The van der Waals surface area contributed by atoms with Gasteiger partial charge in [0, 0.05) is 0 Å². The summed E-state index contributed by atoms with van der Waals surface area (Å²) in [5.74, 6) is 0.0250. The SMILES string of the molecule is COC(=O)N[C@H](C(C)=O)C(C)C. The van der Waals surface area contributed by atoms with Gasteiger partial charge in [0.05, 0.1) is 13.2 Å². The smallest absolute Gasteiger partial charge is 0.407 e. The largest absolute Gasteiger partial charge is 0.453 e. The molecule has 0 aliphatic carbocycles. The van der Waals surface area contributed by atoms with Crippen molar-refractivity contribution < 1.29 is 14.3 Å².